The number of hydrogen-bond donors (Lipinski definition) is 1. The Kier molecular flexibility index (Phi) is 30.9. The Morgan fingerprint density at radius 2 is 1.38 bits per heavy atom. The topological polar surface area (TPSA) is 55.0 Å². The lowest BCUT2D eigenvalue weighted by molar-refractivity contribution is 0.341. The molecule has 0 unspecified atom stereocenters. The number of nitrogens with zero attached hydrogens (tertiary/aromatic N) is 1. The maximum absolute atomic E-state index is 7.46. The van der Waals surface area contributed by atoms with E-state index in [1.807, 2.05) is 26.0 Å². The highest BCUT2D eigenvalue weighted by atomic mass is 16.2. The molecule has 3 nitrogen and oxygen atoms in total. The lowest BCUT2D eigenvalue weighted by Crippen LogP contribution is -1.99. The third-order valence-electron chi connectivity index (χ3n) is 0. The fourth-order valence-electron chi connectivity index (χ4n) is 0. The second kappa shape index (κ2) is 15.8. The van der Waals surface area contributed by atoms with E-state index in [9.17, 15) is 0 Å². The normalized spacial score (nSPS) is 6.75. The highest BCUT2D eigenvalue weighted by molar-refractivity contribution is 4.15. The van der Waals surface area contributed by atoms with Gasteiger partial charge in [0.25, 0.3) is 0 Å². The molecular weight excluding hydrogens is 106 g/mol. The fourth-order valence-corrected chi connectivity index (χ4v) is 0. The maximum atomic E-state index is 7.46. The van der Waals surface area contributed by atoms with Crippen LogP contribution in [-0.4, -0.2) is 43.2 Å². The lowest BCUT2D eigenvalue weighted by Gasteiger charge is -1.90. The van der Waals surface area contributed by atoms with Gasteiger partial charge in [0.15, 0.2) is 0 Å². The van der Waals surface area contributed by atoms with E-state index in [1.54, 1.807) is 0 Å². The van der Waals surface area contributed by atoms with Crippen LogP contribution in [0.2, 0.25) is 0 Å². The van der Waals surface area contributed by atoms with Crippen LogP contribution in [0.1, 0.15) is 0 Å². The Bertz CT molecular complexity index is 21.6. The summed E-state index contributed by atoms with van der Waals surface area (Å²) in [7, 11) is 6.00. The van der Waals surface area contributed by atoms with Gasteiger partial charge in [0.2, 0.25) is 0 Å². The highest BCUT2D eigenvalue weighted by Gasteiger charge is 1.58. The summed E-state index contributed by atoms with van der Waals surface area (Å²) in [5, 5.41) is 7.46. The first-order valence-electron chi connectivity index (χ1n) is 2.16. The maximum Gasteiger partial charge on any atom is 0.0431 e. The predicted octanol–water partition coefficient (Wildman–Crippen LogP) is -0.834. The minimum Gasteiger partial charge on any atom is -0.412 e. The zero-order chi connectivity index (χ0) is 6.28. The van der Waals surface area contributed by atoms with E-state index in [-0.39, 0.29) is 12.1 Å². The van der Waals surface area contributed by atoms with Crippen LogP contribution in [0.3, 0.4) is 0 Å². The van der Waals surface area contributed by atoms with E-state index in [4.69, 9.17) is 5.11 Å². The van der Waals surface area contributed by atoms with Crippen LogP contribution in [0.5, 0.6) is 0 Å². The molecule has 0 rings (SSSR count). The van der Waals surface area contributed by atoms with E-state index in [0.717, 1.165) is 0 Å². The molecule has 0 aromatic rings. The highest BCUT2D eigenvalue weighted by Crippen LogP contribution is 1.47. The second-order valence-electron chi connectivity index (χ2n) is 1.57. The van der Waals surface area contributed by atoms with E-state index in [0.29, 0.717) is 0 Å². The Labute approximate surface area is 51.2 Å². The molecule has 0 atom stereocenters. The van der Waals surface area contributed by atoms with Gasteiger partial charge < -0.3 is 15.5 Å². The van der Waals surface area contributed by atoms with Crippen LogP contribution in [-0.2, 0) is 0 Å². The van der Waals surface area contributed by atoms with Gasteiger partial charge in [-0.3, -0.25) is 0 Å². The van der Waals surface area contributed by atoms with Crippen molar-refractivity contribution in [1.82, 2.24) is 4.90 Å². The van der Waals surface area contributed by atoms with Gasteiger partial charge in [-0.15, -0.1) is 0 Å². The van der Waals surface area contributed by atoms with Crippen LogP contribution in [0, 0.1) is 6.92 Å². The van der Waals surface area contributed by atoms with Crippen molar-refractivity contribution in [2.45, 2.75) is 0 Å². The van der Waals surface area contributed by atoms with Gasteiger partial charge in [-0.2, -0.15) is 0 Å². The van der Waals surface area contributed by atoms with Crippen LogP contribution in [0.4, 0.5) is 0 Å². The standard InChI is InChI=1S/C3H9N.C2H5O.H2O/c1-4(2)3;1-2-3;/h1-3H3;3H,1-2H2;1H2. The average Bonchev–Trinajstić information content (AvgIpc) is 1.33. The third-order valence-corrected chi connectivity index (χ3v) is 0. The summed E-state index contributed by atoms with van der Waals surface area (Å²) in [4.78, 5) is 2.00. The van der Waals surface area contributed by atoms with Crippen molar-refractivity contribution in [1.29, 1.82) is 0 Å². The lowest BCUT2D eigenvalue weighted by atomic mass is 10.9. The summed E-state index contributed by atoms with van der Waals surface area (Å²) in [5.41, 5.74) is 0. The largest absolute Gasteiger partial charge is 0.412 e. The van der Waals surface area contributed by atoms with Gasteiger partial charge in [0.05, 0.1) is 0 Å². The molecule has 0 aromatic heterocycles. The van der Waals surface area contributed by atoms with Gasteiger partial charge in [0, 0.05) is 6.61 Å². The van der Waals surface area contributed by atoms with Crippen LogP contribution in [0.15, 0.2) is 0 Å². The Balaban J connectivity index is -0.0000000575. The number of aliphatic hydroxyl groups is 1. The number of aliphatic hydroxyl groups excluding tert-OH is 1. The summed E-state index contributed by atoms with van der Waals surface area (Å²) in [6.07, 6.45) is 0. The van der Waals surface area contributed by atoms with Crippen molar-refractivity contribution in [3.8, 4) is 0 Å². The molecule has 0 aliphatic heterocycles. The molecule has 0 saturated heterocycles. The fraction of sp³-hybridized carbons (Fsp3) is 0.800. The summed E-state index contributed by atoms with van der Waals surface area (Å²) >= 11 is 0. The van der Waals surface area contributed by atoms with E-state index >= 15 is 0 Å². The number of rotatable bonds is 0. The van der Waals surface area contributed by atoms with Gasteiger partial charge in [-0.25, -0.2) is 0 Å². The average molecular weight is 122 g/mol. The minimum atomic E-state index is 0. The van der Waals surface area contributed by atoms with E-state index < -0.39 is 0 Å². The third kappa shape index (κ3) is 9720. The SMILES string of the molecule is CN(C)C.O.[CH2]CO. The molecule has 0 aliphatic carbocycles. The summed E-state index contributed by atoms with van der Waals surface area (Å²) in [6.45, 7) is 3.04. The molecule has 53 valence electrons. The first kappa shape index (κ1) is 15.7. The number of hydrogen-bond acceptors (Lipinski definition) is 2. The van der Waals surface area contributed by atoms with Crippen molar-refractivity contribution >= 4 is 0 Å². The Morgan fingerprint density at radius 1 is 1.38 bits per heavy atom. The van der Waals surface area contributed by atoms with Crippen LogP contribution >= 0.6 is 0 Å². The molecule has 8 heavy (non-hydrogen) atoms. The molecule has 3 heteroatoms. The Morgan fingerprint density at radius 3 is 1.38 bits per heavy atom. The summed E-state index contributed by atoms with van der Waals surface area (Å²) < 4.78 is 0. The molecule has 1 radical (unpaired) electrons. The molecule has 0 fully saturated rings. The first-order valence-corrected chi connectivity index (χ1v) is 2.16. The predicted molar refractivity (Wildman–Crippen MR) is 35.7 cm³/mol. The molecule has 0 spiro atoms. The molecule has 0 heterocycles. The molecule has 0 saturated carbocycles. The molecule has 0 bridgehead atoms. The van der Waals surface area contributed by atoms with Crippen LogP contribution < -0.4 is 0 Å². The van der Waals surface area contributed by atoms with Crippen molar-refractivity contribution in [3.63, 3.8) is 0 Å². The van der Waals surface area contributed by atoms with Crippen molar-refractivity contribution < 1.29 is 10.6 Å². The van der Waals surface area contributed by atoms with Crippen molar-refractivity contribution in [2.24, 2.45) is 0 Å². The molecule has 3 N–H and O–H groups in total. The zero-order valence-corrected chi connectivity index (χ0v) is 5.81. The summed E-state index contributed by atoms with van der Waals surface area (Å²) in [6, 6.07) is 0. The quantitative estimate of drug-likeness (QED) is 0.455. The zero-order valence-electron chi connectivity index (χ0n) is 5.81. The molecule has 0 aliphatic rings. The van der Waals surface area contributed by atoms with Crippen molar-refractivity contribution in [2.75, 3.05) is 27.7 Å². The molecule has 0 aromatic carbocycles. The smallest absolute Gasteiger partial charge is 0.0431 e. The summed E-state index contributed by atoms with van der Waals surface area (Å²) in [5.74, 6) is 0. The van der Waals surface area contributed by atoms with Gasteiger partial charge in [-0.1, -0.05) is 0 Å². The molecule has 0 amide bonds. The van der Waals surface area contributed by atoms with Crippen molar-refractivity contribution in [3.05, 3.63) is 6.92 Å². The van der Waals surface area contributed by atoms with Crippen LogP contribution in [0.25, 0.3) is 0 Å². The van der Waals surface area contributed by atoms with Gasteiger partial charge in [0.1, 0.15) is 0 Å². The molecular formula is C5H16NO2. The van der Waals surface area contributed by atoms with E-state index in [2.05, 4.69) is 6.92 Å². The first-order chi connectivity index (χ1) is 3.15. The monoisotopic (exact) mass is 122 g/mol. The van der Waals surface area contributed by atoms with Gasteiger partial charge in [-0.05, 0) is 28.1 Å². The minimum absolute atomic E-state index is 0. The van der Waals surface area contributed by atoms with E-state index in [1.165, 1.54) is 0 Å². The Hall–Kier alpha value is -0.120. The van der Waals surface area contributed by atoms with Gasteiger partial charge >= 0.3 is 0 Å². The second-order valence-corrected chi connectivity index (χ2v) is 1.57.